The molecule has 1 aromatic rings. The van der Waals surface area contributed by atoms with Gasteiger partial charge in [-0.2, -0.15) is 0 Å². The fourth-order valence-corrected chi connectivity index (χ4v) is 1.54. The van der Waals surface area contributed by atoms with Crippen LogP contribution in [0.3, 0.4) is 0 Å². The molecule has 76 valence electrons. The van der Waals surface area contributed by atoms with Gasteiger partial charge in [0.25, 0.3) is 11.7 Å². The molecule has 0 aliphatic rings. The standard InChI is InChI=1S/C7H4ClF2IN2O/c8-5(14)2-1-3(6(9)10)13-7(11)4(2)12/h1,6H,12H2. The molecule has 1 rings (SSSR count). The number of nitrogens with two attached hydrogens (primary N) is 1. The van der Waals surface area contributed by atoms with E-state index in [2.05, 4.69) is 4.98 Å². The number of nitrogen functional groups attached to an aromatic ring is 1. The summed E-state index contributed by atoms with van der Waals surface area (Å²) >= 11 is 6.82. The number of alkyl halides is 2. The van der Waals surface area contributed by atoms with Crippen LogP contribution in [0, 0.1) is 3.70 Å². The average molecular weight is 332 g/mol. The third-order valence-corrected chi connectivity index (χ3v) is 2.49. The summed E-state index contributed by atoms with van der Waals surface area (Å²) in [6.45, 7) is 0. The van der Waals surface area contributed by atoms with Gasteiger partial charge in [-0.1, -0.05) is 0 Å². The van der Waals surface area contributed by atoms with Crippen LogP contribution in [0.1, 0.15) is 22.5 Å². The van der Waals surface area contributed by atoms with Crippen molar-refractivity contribution in [3.8, 4) is 0 Å². The normalized spacial score (nSPS) is 10.6. The van der Waals surface area contributed by atoms with E-state index in [0.717, 1.165) is 6.07 Å². The predicted octanol–water partition coefficient (Wildman–Crippen LogP) is 2.58. The second-order valence-electron chi connectivity index (χ2n) is 2.37. The van der Waals surface area contributed by atoms with Crippen molar-refractivity contribution in [3.63, 3.8) is 0 Å². The molecule has 0 amide bonds. The Morgan fingerprint density at radius 1 is 1.64 bits per heavy atom. The highest BCUT2D eigenvalue weighted by Crippen LogP contribution is 2.25. The van der Waals surface area contributed by atoms with Crippen LogP contribution in [0.25, 0.3) is 0 Å². The van der Waals surface area contributed by atoms with E-state index in [0.29, 0.717) is 0 Å². The minimum absolute atomic E-state index is 0.0231. The first-order chi connectivity index (χ1) is 6.43. The molecule has 0 saturated heterocycles. The molecule has 0 aliphatic heterocycles. The SMILES string of the molecule is Nc1c(C(=O)Cl)cc(C(F)F)nc1I. The van der Waals surface area contributed by atoms with Crippen molar-refractivity contribution < 1.29 is 13.6 Å². The summed E-state index contributed by atoms with van der Waals surface area (Å²) in [7, 11) is 0. The number of nitrogens with zero attached hydrogens (tertiary/aromatic N) is 1. The summed E-state index contributed by atoms with van der Waals surface area (Å²) in [4.78, 5) is 14.3. The van der Waals surface area contributed by atoms with E-state index in [-0.39, 0.29) is 15.0 Å². The lowest BCUT2D eigenvalue weighted by Crippen LogP contribution is -2.05. The van der Waals surface area contributed by atoms with Gasteiger partial charge in [-0.3, -0.25) is 4.79 Å². The monoisotopic (exact) mass is 332 g/mol. The lowest BCUT2D eigenvalue weighted by atomic mass is 10.2. The molecule has 0 fully saturated rings. The van der Waals surface area contributed by atoms with E-state index in [4.69, 9.17) is 17.3 Å². The van der Waals surface area contributed by atoms with Crippen molar-refractivity contribution in [1.29, 1.82) is 0 Å². The predicted molar refractivity (Wildman–Crippen MR) is 56.5 cm³/mol. The Hall–Kier alpha value is -0.500. The average Bonchev–Trinajstić information content (AvgIpc) is 2.08. The number of rotatable bonds is 2. The Morgan fingerprint density at radius 3 is 2.64 bits per heavy atom. The molecular formula is C7H4ClF2IN2O. The Labute approximate surface area is 96.8 Å². The fourth-order valence-electron chi connectivity index (χ4n) is 0.817. The summed E-state index contributed by atoms with van der Waals surface area (Å²) < 4.78 is 24.7. The van der Waals surface area contributed by atoms with Gasteiger partial charge in [-0.25, -0.2) is 13.8 Å². The van der Waals surface area contributed by atoms with Gasteiger partial charge < -0.3 is 5.73 Å². The van der Waals surface area contributed by atoms with E-state index < -0.39 is 17.4 Å². The maximum Gasteiger partial charge on any atom is 0.280 e. The van der Waals surface area contributed by atoms with Crippen LogP contribution in [-0.4, -0.2) is 10.2 Å². The molecule has 0 spiro atoms. The minimum atomic E-state index is -2.75. The Kier molecular flexibility index (Phi) is 3.59. The highest BCUT2D eigenvalue weighted by molar-refractivity contribution is 14.1. The fraction of sp³-hybridized carbons (Fsp3) is 0.143. The molecule has 0 saturated carbocycles. The summed E-state index contributed by atoms with van der Waals surface area (Å²) in [5.41, 5.74) is 4.81. The third-order valence-electron chi connectivity index (χ3n) is 1.47. The summed E-state index contributed by atoms with van der Waals surface area (Å²) in [5, 5.41) is -0.871. The molecule has 1 aromatic heterocycles. The molecule has 3 nitrogen and oxygen atoms in total. The lowest BCUT2D eigenvalue weighted by Gasteiger charge is -2.06. The number of hydrogen-bond acceptors (Lipinski definition) is 3. The number of pyridine rings is 1. The Bertz CT molecular complexity index is 386. The highest BCUT2D eigenvalue weighted by Gasteiger charge is 2.17. The van der Waals surface area contributed by atoms with Gasteiger partial charge in [-0.05, 0) is 40.3 Å². The van der Waals surface area contributed by atoms with Crippen LogP contribution < -0.4 is 5.73 Å². The van der Waals surface area contributed by atoms with E-state index >= 15 is 0 Å². The van der Waals surface area contributed by atoms with Crippen molar-refractivity contribution in [1.82, 2.24) is 4.98 Å². The van der Waals surface area contributed by atoms with Gasteiger partial charge in [-0.15, -0.1) is 0 Å². The zero-order valence-electron chi connectivity index (χ0n) is 6.60. The van der Waals surface area contributed by atoms with E-state index in [1.807, 2.05) is 0 Å². The topological polar surface area (TPSA) is 56.0 Å². The minimum Gasteiger partial charge on any atom is -0.396 e. The van der Waals surface area contributed by atoms with Crippen molar-refractivity contribution in [2.24, 2.45) is 0 Å². The summed E-state index contributed by atoms with van der Waals surface area (Å²) in [5.74, 6) is 0. The summed E-state index contributed by atoms with van der Waals surface area (Å²) in [6.07, 6.45) is -2.75. The zero-order valence-corrected chi connectivity index (χ0v) is 9.51. The van der Waals surface area contributed by atoms with Crippen molar-refractivity contribution >= 4 is 45.1 Å². The van der Waals surface area contributed by atoms with Crippen LogP contribution in [0.5, 0.6) is 0 Å². The number of carbonyl (C=O) groups excluding carboxylic acids is 1. The third kappa shape index (κ3) is 2.30. The van der Waals surface area contributed by atoms with Crippen molar-refractivity contribution in [3.05, 3.63) is 21.0 Å². The van der Waals surface area contributed by atoms with Crippen LogP contribution >= 0.6 is 34.2 Å². The lowest BCUT2D eigenvalue weighted by molar-refractivity contribution is 0.108. The van der Waals surface area contributed by atoms with Crippen LogP contribution in [0.15, 0.2) is 6.07 Å². The second kappa shape index (κ2) is 4.35. The highest BCUT2D eigenvalue weighted by atomic mass is 127. The van der Waals surface area contributed by atoms with Gasteiger partial charge in [0, 0.05) is 0 Å². The molecular weight excluding hydrogens is 328 g/mol. The number of anilines is 1. The Morgan fingerprint density at radius 2 is 2.21 bits per heavy atom. The summed E-state index contributed by atoms with van der Waals surface area (Å²) in [6, 6.07) is 0.900. The van der Waals surface area contributed by atoms with E-state index in [1.54, 1.807) is 22.6 Å². The molecule has 1 heterocycles. The first-order valence-electron chi connectivity index (χ1n) is 3.37. The van der Waals surface area contributed by atoms with E-state index in [9.17, 15) is 13.6 Å². The van der Waals surface area contributed by atoms with E-state index in [1.165, 1.54) is 0 Å². The first kappa shape index (κ1) is 11.6. The zero-order chi connectivity index (χ0) is 10.9. The van der Waals surface area contributed by atoms with Gasteiger partial charge in [0.05, 0.1) is 11.3 Å². The van der Waals surface area contributed by atoms with Crippen LogP contribution in [0.4, 0.5) is 14.5 Å². The molecule has 0 atom stereocenters. The number of aromatic nitrogens is 1. The number of halogens is 4. The van der Waals surface area contributed by atoms with Gasteiger partial charge >= 0.3 is 0 Å². The second-order valence-corrected chi connectivity index (χ2v) is 3.74. The molecule has 0 aliphatic carbocycles. The maximum atomic E-state index is 12.3. The maximum absolute atomic E-state index is 12.3. The Balaban J connectivity index is 3.35. The van der Waals surface area contributed by atoms with Gasteiger partial charge in [0.2, 0.25) is 0 Å². The molecule has 2 N–H and O–H groups in total. The first-order valence-corrected chi connectivity index (χ1v) is 4.83. The number of carbonyl (C=O) groups is 1. The van der Waals surface area contributed by atoms with Gasteiger partial charge in [0.1, 0.15) is 9.39 Å². The molecule has 0 bridgehead atoms. The quantitative estimate of drug-likeness (QED) is 0.514. The smallest absolute Gasteiger partial charge is 0.280 e. The largest absolute Gasteiger partial charge is 0.396 e. The molecule has 14 heavy (non-hydrogen) atoms. The molecule has 0 radical (unpaired) electrons. The molecule has 0 unspecified atom stereocenters. The van der Waals surface area contributed by atoms with Gasteiger partial charge in [0.15, 0.2) is 0 Å². The molecule has 7 heteroatoms. The van der Waals surface area contributed by atoms with Crippen LogP contribution in [0.2, 0.25) is 0 Å². The van der Waals surface area contributed by atoms with Crippen molar-refractivity contribution in [2.75, 3.05) is 5.73 Å². The van der Waals surface area contributed by atoms with Crippen molar-refractivity contribution in [2.45, 2.75) is 6.43 Å². The number of hydrogen-bond donors (Lipinski definition) is 1. The molecule has 0 aromatic carbocycles. The van der Waals surface area contributed by atoms with Crippen LogP contribution in [-0.2, 0) is 0 Å².